The largest absolute Gasteiger partial charge is 0.480 e. The standard InChI is InChI=1S/C12H13N5O2/c1-8(4-3-7-13)12-14-11(17-19-12)9-5-6-10(18-2)16-15-9/h5-6,8H,3-4H2,1-2H3. The van der Waals surface area contributed by atoms with Crippen molar-refractivity contribution < 1.29 is 9.26 Å². The van der Waals surface area contributed by atoms with Crippen LogP contribution in [0.5, 0.6) is 5.88 Å². The zero-order valence-corrected chi connectivity index (χ0v) is 10.7. The molecule has 2 rings (SSSR count). The summed E-state index contributed by atoms with van der Waals surface area (Å²) in [5, 5.41) is 20.2. The maximum absolute atomic E-state index is 8.55. The quantitative estimate of drug-likeness (QED) is 0.809. The minimum atomic E-state index is 0.0482. The molecule has 2 heterocycles. The molecule has 0 aliphatic heterocycles. The Bertz CT molecular complexity index is 573. The minimum Gasteiger partial charge on any atom is -0.480 e. The van der Waals surface area contributed by atoms with Crippen molar-refractivity contribution in [2.45, 2.75) is 25.7 Å². The molecule has 0 aromatic carbocycles. The van der Waals surface area contributed by atoms with Gasteiger partial charge >= 0.3 is 0 Å². The maximum atomic E-state index is 8.55. The van der Waals surface area contributed by atoms with Crippen LogP contribution in [-0.4, -0.2) is 27.4 Å². The molecule has 0 amide bonds. The first kappa shape index (κ1) is 13.0. The summed E-state index contributed by atoms with van der Waals surface area (Å²) in [7, 11) is 1.52. The highest BCUT2D eigenvalue weighted by atomic mass is 16.5. The molecule has 0 aliphatic carbocycles. The number of methoxy groups -OCH3 is 1. The Morgan fingerprint density at radius 2 is 2.26 bits per heavy atom. The van der Waals surface area contributed by atoms with Crippen molar-refractivity contribution in [1.29, 1.82) is 5.26 Å². The van der Waals surface area contributed by atoms with Crippen molar-refractivity contribution >= 4 is 0 Å². The van der Waals surface area contributed by atoms with Gasteiger partial charge in [-0.3, -0.25) is 0 Å². The summed E-state index contributed by atoms with van der Waals surface area (Å²) in [6, 6.07) is 5.48. The van der Waals surface area contributed by atoms with E-state index >= 15 is 0 Å². The predicted octanol–water partition coefficient (Wildman–Crippen LogP) is 1.94. The summed E-state index contributed by atoms with van der Waals surface area (Å²) in [6.07, 6.45) is 1.15. The Balaban J connectivity index is 2.13. The second-order valence-corrected chi connectivity index (χ2v) is 4.01. The summed E-state index contributed by atoms with van der Waals surface area (Å²) >= 11 is 0. The molecular formula is C12H13N5O2. The molecule has 2 aromatic heterocycles. The lowest BCUT2D eigenvalue weighted by molar-refractivity contribution is 0.354. The van der Waals surface area contributed by atoms with Crippen LogP contribution in [0.2, 0.25) is 0 Å². The van der Waals surface area contributed by atoms with Crippen molar-refractivity contribution in [2.24, 2.45) is 0 Å². The Labute approximate surface area is 110 Å². The van der Waals surface area contributed by atoms with E-state index in [-0.39, 0.29) is 5.92 Å². The lowest BCUT2D eigenvalue weighted by Gasteiger charge is -2.00. The lowest BCUT2D eigenvalue weighted by Crippen LogP contribution is -1.95. The summed E-state index contributed by atoms with van der Waals surface area (Å²) in [5.41, 5.74) is 0.517. The Morgan fingerprint density at radius 3 is 2.89 bits per heavy atom. The van der Waals surface area contributed by atoms with Crippen molar-refractivity contribution in [3.63, 3.8) is 0 Å². The molecule has 0 spiro atoms. The van der Waals surface area contributed by atoms with E-state index in [9.17, 15) is 0 Å². The van der Waals surface area contributed by atoms with Crippen molar-refractivity contribution in [1.82, 2.24) is 20.3 Å². The van der Waals surface area contributed by atoms with Crippen LogP contribution in [-0.2, 0) is 0 Å². The smallest absolute Gasteiger partial charge is 0.233 e. The first-order valence-corrected chi connectivity index (χ1v) is 5.83. The number of nitrogens with zero attached hydrogens (tertiary/aromatic N) is 5. The van der Waals surface area contributed by atoms with Crippen LogP contribution >= 0.6 is 0 Å². The number of hydrogen-bond donors (Lipinski definition) is 0. The third-order valence-corrected chi connectivity index (χ3v) is 2.63. The van der Waals surface area contributed by atoms with Gasteiger partial charge < -0.3 is 9.26 Å². The Hall–Kier alpha value is -2.49. The zero-order chi connectivity index (χ0) is 13.7. The van der Waals surface area contributed by atoms with Crippen LogP contribution in [0.3, 0.4) is 0 Å². The minimum absolute atomic E-state index is 0.0482. The summed E-state index contributed by atoms with van der Waals surface area (Å²) in [4.78, 5) is 4.26. The second-order valence-electron chi connectivity index (χ2n) is 4.01. The highest BCUT2D eigenvalue weighted by Crippen LogP contribution is 2.21. The number of rotatable bonds is 5. The van der Waals surface area contributed by atoms with E-state index in [1.807, 2.05) is 6.92 Å². The van der Waals surface area contributed by atoms with E-state index in [4.69, 9.17) is 14.5 Å². The van der Waals surface area contributed by atoms with E-state index in [1.165, 1.54) is 7.11 Å². The van der Waals surface area contributed by atoms with Gasteiger partial charge in [-0.05, 0) is 12.5 Å². The molecule has 1 atom stereocenters. The summed E-state index contributed by atoms with van der Waals surface area (Å²) < 4.78 is 10.1. The third-order valence-electron chi connectivity index (χ3n) is 2.63. The van der Waals surface area contributed by atoms with Gasteiger partial charge in [-0.25, -0.2) is 0 Å². The van der Waals surface area contributed by atoms with Gasteiger partial charge in [0.25, 0.3) is 0 Å². The summed E-state index contributed by atoms with van der Waals surface area (Å²) in [5.74, 6) is 1.36. The number of hydrogen-bond acceptors (Lipinski definition) is 7. The fourth-order valence-corrected chi connectivity index (χ4v) is 1.49. The average molecular weight is 259 g/mol. The topological polar surface area (TPSA) is 97.7 Å². The normalized spacial score (nSPS) is 11.8. The van der Waals surface area contributed by atoms with Gasteiger partial charge in [-0.15, -0.1) is 10.2 Å². The van der Waals surface area contributed by atoms with Gasteiger partial charge in [-0.1, -0.05) is 12.1 Å². The Morgan fingerprint density at radius 1 is 1.42 bits per heavy atom. The molecule has 2 aromatic rings. The molecule has 0 saturated carbocycles. The lowest BCUT2D eigenvalue weighted by atomic mass is 10.1. The molecular weight excluding hydrogens is 246 g/mol. The van der Waals surface area contributed by atoms with Crippen molar-refractivity contribution in [2.75, 3.05) is 7.11 Å². The molecule has 98 valence electrons. The molecule has 0 aliphatic rings. The van der Waals surface area contributed by atoms with E-state index < -0.39 is 0 Å². The molecule has 0 fully saturated rings. The fraction of sp³-hybridized carbons (Fsp3) is 0.417. The molecule has 0 N–H and O–H groups in total. The molecule has 0 radical (unpaired) electrons. The van der Waals surface area contributed by atoms with E-state index in [2.05, 4.69) is 26.4 Å². The molecule has 0 saturated heterocycles. The molecule has 0 bridgehead atoms. The van der Waals surface area contributed by atoms with Crippen LogP contribution in [0.4, 0.5) is 0 Å². The monoisotopic (exact) mass is 259 g/mol. The van der Waals surface area contributed by atoms with Gasteiger partial charge in [0, 0.05) is 18.4 Å². The van der Waals surface area contributed by atoms with E-state index in [0.717, 1.165) is 0 Å². The molecule has 1 unspecified atom stereocenters. The van der Waals surface area contributed by atoms with E-state index in [0.29, 0.717) is 36.1 Å². The van der Waals surface area contributed by atoms with Gasteiger partial charge in [0.15, 0.2) is 0 Å². The van der Waals surface area contributed by atoms with Gasteiger partial charge in [-0.2, -0.15) is 10.2 Å². The first-order chi connectivity index (χ1) is 9.24. The third kappa shape index (κ3) is 3.04. The van der Waals surface area contributed by atoms with Gasteiger partial charge in [0.05, 0.1) is 13.2 Å². The summed E-state index contributed by atoms with van der Waals surface area (Å²) in [6.45, 7) is 1.94. The van der Waals surface area contributed by atoms with Crippen molar-refractivity contribution in [3.8, 4) is 23.5 Å². The van der Waals surface area contributed by atoms with Gasteiger partial charge in [0.2, 0.25) is 17.6 Å². The first-order valence-electron chi connectivity index (χ1n) is 5.83. The number of ether oxygens (including phenoxy) is 1. The average Bonchev–Trinajstić information content (AvgIpc) is 2.94. The van der Waals surface area contributed by atoms with Gasteiger partial charge in [0.1, 0.15) is 5.69 Å². The Kier molecular flexibility index (Phi) is 4.03. The molecule has 19 heavy (non-hydrogen) atoms. The van der Waals surface area contributed by atoms with Crippen LogP contribution < -0.4 is 4.74 Å². The van der Waals surface area contributed by atoms with Crippen LogP contribution in [0.25, 0.3) is 11.5 Å². The number of nitriles is 1. The molecule has 7 nitrogen and oxygen atoms in total. The highest BCUT2D eigenvalue weighted by Gasteiger charge is 2.16. The SMILES string of the molecule is COc1ccc(-c2noc(C(C)CCC#N)n2)nn1. The van der Waals surface area contributed by atoms with Crippen LogP contribution in [0, 0.1) is 11.3 Å². The van der Waals surface area contributed by atoms with Crippen LogP contribution in [0.15, 0.2) is 16.7 Å². The highest BCUT2D eigenvalue weighted by molar-refractivity contribution is 5.47. The number of aromatic nitrogens is 4. The fourth-order valence-electron chi connectivity index (χ4n) is 1.49. The predicted molar refractivity (Wildman–Crippen MR) is 65.1 cm³/mol. The van der Waals surface area contributed by atoms with Crippen molar-refractivity contribution in [3.05, 3.63) is 18.0 Å². The van der Waals surface area contributed by atoms with E-state index in [1.54, 1.807) is 12.1 Å². The molecule has 7 heteroatoms. The van der Waals surface area contributed by atoms with Crippen LogP contribution in [0.1, 0.15) is 31.6 Å². The maximum Gasteiger partial charge on any atom is 0.233 e. The second kappa shape index (κ2) is 5.91. The zero-order valence-electron chi connectivity index (χ0n) is 10.7.